The van der Waals surface area contributed by atoms with Gasteiger partial charge in [0.1, 0.15) is 12.6 Å². The van der Waals surface area contributed by atoms with Gasteiger partial charge in [0.2, 0.25) is 6.16 Å². The smallest absolute Gasteiger partial charge is 0.379 e. The average Bonchev–Trinajstić information content (AvgIpc) is 3.39. The second-order valence-electron chi connectivity index (χ2n) is 10.5. The lowest BCUT2D eigenvalue weighted by molar-refractivity contribution is -0.153. The highest BCUT2D eigenvalue weighted by molar-refractivity contribution is 7.46. The normalized spacial score (nSPS) is 21.4. The summed E-state index contributed by atoms with van der Waals surface area (Å²) in [4.78, 5) is 28.0. The molecule has 6 nitrogen and oxygen atoms in total. The number of nitrogens with zero attached hydrogens (tertiary/aromatic N) is 1. The molecule has 2 aromatic rings. The highest BCUT2D eigenvalue weighted by Crippen LogP contribution is 2.39. The summed E-state index contributed by atoms with van der Waals surface area (Å²) < 4.78 is 18.5. The first-order valence-electron chi connectivity index (χ1n) is 13.7. The number of amides is 1. The van der Waals surface area contributed by atoms with Crippen molar-refractivity contribution in [3.8, 4) is 0 Å². The molecular weight excluding hydrogens is 485 g/mol. The van der Waals surface area contributed by atoms with Gasteiger partial charge in [-0.2, -0.15) is 0 Å². The molecule has 0 bridgehead atoms. The summed E-state index contributed by atoms with van der Waals surface area (Å²) in [6.45, 7) is 0.669. The zero-order valence-corrected chi connectivity index (χ0v) is 22.4. The van der Waals surface area contributed by atoms with Crippen LogP contribution in [0.5, 0.6) is 0 Å². The van der Waals surface area contributed by atoms with E-state index in [1.807, 2.05) is 60.7 Å². The van der Waals surface area contributed by atoms with E-state index in [-0.39, 0.29) is 24.6 Å². The van der Waals surface area contributed by atoms with Gasteiger partial charge >= 0.3 is 13.8 Å². The van der Waals surface area contributed by atoms with Crippen LogP contribution in [0.25, 0.3) is 0 Å². The zero-order chi connectivity index (χ0) is 26.0. The van der Waals surface area contributed by atoms with E-state index in [2.05, 4.69) is 0 Å². The largest absolute Gasteiger partial charge is 0.459 e. The summed E-state index contributed by atoms with van der Waals surface area (Å²) in [7, 11) is -2.13. The molecule has 0 aromatic heterocycles. The molecule has 7 heteroatoms. The topological polar surface area (TPSA) is 83.9 Å². The van der Waals surface area contributed by atoms with Crippen LogP contribution in [0.2, 0.25) is 0 Å². The highest BCUT2D eigenvalue weighted by Gasteiger charge is 2.45. The Kier molecular flexibility index (Phi) is 10.3. The van der Waals surface area contributed by atoms with Gasteiger partial charge in [0, 0.05) is 13.0 Å². The van der Waals surface area contributed by atoms with Gasteiger partial charge in [0.25, 0.3) is 11.8 Å². The molecule has 4 atom stereocenters. The molecule has 1 amide bonds. The number of ether oxygens (including phenoxy) is 1. The van der Waals surface area contributed by atoms with Crippen molar-refractivity contribution in [2.24, 2.45) is 11.8 Å². The van der Waals surface area contributed by atoms with Gasteiger partial charge in [-0.15, -0.1) is 0 Å². The molecular formula is C30H39NO5P+. The van der Waals surface area contributed by atoms with E-state index in [1.165, 1.54) is 24.8 Å². The Morgan fingerprint density at radius 2 is 1.59 bits per heavy atom. The van der Waals surface area contributed by atoms with Crippen molar-refractivity contribution in [3.63, 3.8) is 0 Å². The fourth-order valence-electron chi connectivity index (χ4n) is 5.75. The van der Waals surface area contributed by atoms with Crippen LogP contribution in [0.4, 0.5) is 0 Å². The lowest BCUT2D eigenvalue weighted by Crippen LogP contribution is -2.42. The first kappa shape index (κ1) is 27.5. The maximum Gasteiger partial charge on any atom is 0.379 e. The van der Waals surface area contributed by atoms with Crippen LogP contribution in [0, 0.1) is 11.8 Å². The minimum Gasteiger partial charge on any atom is -0.459 e. The van der Waals surface area contributed by atoms with Gasteiger partial charge in [-0.05, 0) is 42.2 Å². The third kappa shape index (κ3) is 7.96. The molecule has 0 spiro atoms. The molecule has 37 heavy (non-hydrogen) atoms. The van der Waals surface area contributed by atoms with Crippen LogP contribution in [0.1, 0.15) is 62.5 Å². The minimum atomic E-state index is -2.13. The summed E-state index contributed by atoms with van der Waals surface area (Å²) in [5, 5.41) is 10.5. The van der Waals surface area contributed by atoms with Gasteiger partial charge in [-0.25, -0.2) is 4.79 Å². The SMILES string of the molecule is O=C(OCc1ccccc1)[C@@H]1C[C@@H](C2CCCCC2)CN1C(=O)C[P+](=O)C(O)CCCc1ccccc1. The van der Waals surface area contributed by atoms with Gasteiger partial charge in [-0.1, -0.05) is 97.3 Å². The van der Waals surface area contributed by atoms with Gasteiger partial charge in [0.05, 0.1) is 0 Å². The Labute approximate surface area is 221 Å². The summed E-state index contributed by atoms with van der Waals surface area (Å²) >= 11 is 0. The van der Waals surface area contributed by atoms with Crippen LogP contribution >= 0.6 is 7.80 Å². The molecule has 1 aliphatic heterocycles. The number of esters is 1. The van der Waals surface area contributed by atoms with Crippen molar-refractivity contribution in [2.45, 2.75) is 76.3 Å². The third-order valence-corrected chi connectivity index (χ3v) is 9.37. The second kappa shape index (κ2) is 13.8. The van der Waals surface area contributed by atoms with Crippen molar-refractivity contribution < 1.29 is 24.0 Å². The van der Waals surface area contributed by atoms with E-state index >= 15 is 0 Å². The Hall–Kier alpha value is -2.56. The van der Waals surface area contributed by atoms with Crippen molar-refractivity contribution >= 4 is 19.7 Å². The Bertz CT molecular complexity index is 1020. The molecule has 1 heterocycles. The van der Waals surface area contributed by atoms with Gasteiger partial charge < -0.3 is 14.7 Å². The molecule has 2 aromatic carbocycles. The zero-order valence-electron chi connectivity index (χ0n) is 21.5. The molecule has 4 rings (SSSR count). The monoisotopic (exact) mass is 524 g/mol. The number of hydrogen-bond donors (Lipinski definition) is 1. The van der Waals surface area contributed by atoms with E-state index in [0.29, 0.717) is 31.7 Å². The van der Waals surface area contributed by atoms with Crippen molar-refractivity contribution in [2.75, 3.05) is 12.7 Å². The molecule has 2 aliphatic rings. The number of benzene rings is 2. The summed E-state index contributed by atoms with van der Waals surface area (Å²) in [6, 6.07) is 18.8. The average molecular weight is 525 g/mol. The Morgan fingerprint density at radius 1 is 0.946 bits per heavy atom. The molecule has 2 unspecified atom stereocenters. The quantitative estimate of drug-likeness (QED) is 0.301. The number of aliphatic hydroxyl groups is 1. The fraction of sp³-hybridized carbons (Fsp3) is 0.533. The lowest BCUT2D eigenvalue weighted by Gasteiger charge is -2.27. The highest BCUT2D eigenvalue weighted by atomic mass is 31.1. The van der Waals surface area contributed by atoms with E-state index in [1.54, 1.807) is 4.90 Å². The number of aryl methyl sites for hydroxylation is 1. The van der Waals surface area contributed by atoms with Crippen LogP contribution in [0.15, 0.2) is 60.7 Å². The summed E-state index contributed by atoms with van der Waals surface area (Å²) in [5.74, 6) is -0.972. The molecule has 1 saturated heterocycles. The number of carbonyl (C=O) groups is 2. The van der Waals surface area contributed by atoms with Crippen molar-refractivity contribution in [1.29, 1.82) is 0 Å². The Balaban J connectivity index is 1.34. The van der Waals surface area contributed by atoms with Crippen LogP contribution < -0.4 is 0 Å². The molecule has 198 valence electrons. The van der Waals surface area contributed by atoms with Crippen molar-refractivity contribution in [1.82, 2.24) is 4.90 Å². The second-order valence-corrected chi connectivity index (χ2v) is 12.2. The fourth-order valence-corrected chi connectivity index (χ4v) is 6.88. The number of aliphatic hydroxyl groups excluding tert-OH is 1. The maximum absolute atomic E-state index is 13.3. The number of hydrogen-bond acceptors (Lipinski definition) is 5. The first-order chi connectivity index (χ1) is 18.0. The van der Waals surface area contributed by atoms with E-state index in [9.17, 15) is 19.3 Å². The van der Waals surface area contributed by atoms with E-state index in [0.717, 1.165) is 24.8 Å². The molecule has 1 N–H and O–H groups in total. The summed E-state index contributed by atoms with van der Waals surface area (Å²) in [6.07, 6.45) is 8.13. The predicted octanol–water partition coefficient (Wildman–Crippen LogP) is 5.70. The van der Waals surface area contributed by atoms with Crippen LogP contribution in [0.3, 0.4) is 0 Å². The van der Waals surface area contributed by atoms with Gasteiger partial charge in [-0.3, -0.25) is 4.79 Å². The molecule has 1 saturated carbocycles. The minimum absolute atomic E-state index is 0.167. The lowest BCUT2D eigenvalue weighted by atomic mass is 9.79. The molecule has 1 aliphatic carbocycles. The number of carbonyl (C=O) groups excluding carboxylic acids is 2. The van der Waals surface area contributed by atoms with E-state index in [4.69, 9.17) is 4.74 Å². The van der Waals surface area contributed by atoms with Crippen LogP contribution in [-0.4, -0.2) is 46.5 Å². The maximum atomic E-state index is 13.3. The number of rotatable bonds is 11. The third-order valence-electron chi connectivity index (χ3n) is 7.86. The van der Waals surface area contributed by atoms with E-state index < -0.39 is 25.7 Å². The van der Waals surface area contributed by atoms with Gasteiger partial charge in [0.15, 0.2) is 0 Å². The number of likely N-dealkylation sites (tertiary alicyclic amines) is 1. The summed E-state index contributed by atoms with van der Waals surface area (Å²) in [5.41, 5.74) is 2.07. The van der Waals surface area contributed by atoms with Crippen LogP contribution in [-0.2, 0) is 31.9 Å². The standard InChI is InChI=1S/C30H39NO5P/c32-28(22-37(35)29(33)18-10-15-23-11-4-1-5-12-23)31-20-26(25-16-8-3-9-17-25)19-27(31)30(34)36-21-24-13-6-2-7-14-24/h1-2,4-7,11-14,25-27,29,33H,3,8-10,15-22H2/q+1/t26-,27+,29?/m1/s1. The predicted molar refractivity (Wildman–Crippen MR) is 144 cm³/mol. The first-order valence-corrected chi connectivity index (χ1v) is 15.2. The van der Waals surface area contributed by atoms with Crippen molar-refractivity contribution in [3.05, 3.63) is 71.8 Å². The molecule has 0 radical (unpaired) electrons. The Morgan fingerprint density at radius 3 is 2.27 bits per heavy atom. The molecule has 2 fully saturated rings.